The SMILES string of the molecule is CC.CC.COCC(C)CN(C)C. The van der Waals surface area contributed by atoms with Gasteiger partial charge in [0.05, 0.1) is 0 Å². The minimum absolute atomic E-state index is 0.644. The van der Waals surface area contributed by atoms with Gasteiger partial charge in [-0.2, -0.15) is 0 Å². The van der Waals surface area contributed by atoms with Crippen molar-refractivity contribution in [2.75, 3.05) is 34.4 Å². The molecule has 2 heteroatoms. The van der Waals surface area contributed by atoms with Crippen molar-refractivity contribution in [3.63, 3.8) is 0 Å². The van der Waals surface area contributed by atoms with Gasteiger partial charge in [-0.05, 0) is 20.0 Å². The summed E-state index contributed by atoms with van der Waals surface area (Å²) in [6.07, 6.45) is 0. The van der Waals surface area contributed by atoms with E-state index in [0.29, 0.717) is 5.92 Å². The van der Waals surface area contributed by atoms with Crippen molar-refractivity contribution >= 4 is 0 Å². The third-order valence-corrected chi connectivity index (χ3v) is 1.13. The summed E-state index contributed by atoms with van der Waals surface area (Å²) < 4.78 is 4.98. The van der Waals surface area contributed by atoms with Crippen LogP contribution < -0.4 is 0 Å². The van der Waals surface area contributed by atoms with Crippen molar-refractivity contribution < 1.29 is 4.74 Å². The van der Waals surface area contributed by atoms with E-state index < -0.39 is 0 Å². The summed E-state index contributed by atoms with van der Waals surface area (Å²) in [5.41, 5.74) is 0. The first-order chi connectivity index (χ1) is 6.16. The van der Waals surface area contributed by atoms with Gasteiger partial charge in [-0.15, -0.1) is 0 Å². The molecule has 0 aliphatic rings. The van der Waals surface area contributed by atoms with Crippen LogP contribution in [-0.2, 0) is 4.74 Å². The molecule has 0 N–H and O–H groups in total. The summed E-state index contributed by atoms with van der Waals surface area (Å²) in [5, 5.41) is 0. The summed E-state index contributed by atoms with van der Waals surface area (Å²) in [6.45, 7) is 12.1. The van der Waals surface area contributed by atoms with E-state index in [-0.39, 0.29) is 0 Å². The van der Waals surface area contributed by atoms with Gasteiger partial charge in [-0.25, -0.2) is 0 Å². The third kappa shape index (κ3) is 24.5. The first-order valence-corrected chi connectivity index (χ1v) is 5.30. The van der Waals surface area contributed by atoms with Crippen LogP contribution in [0.3, 0.4) is 0 Å². The summed E-state index contributed by atoms with van der Waals surface area (Å²) in [6, 6.07) is 0. The standard InChI is InChI=1S/C7H17NO.2C2H6/c1-7(6-9-4)5-8(2)3;2*1-2/h7H,5-6H2,1-4H3;2*1-2H3. The predicted molar refractivity (Wildman–Crippen MR) is 62.3 cm³/mol. The van der Waals surface area contributed by atoms with Gasteiger partial charge in [0.2, 0.25) is 0 Å². The van der Waals surface area contributed by atoms with Gasteiger partial charge < -0.3 is 9.64 Å². The fourth-order valence-electron chi connectivity index (χ4n) is 0.961. The zero-order valence-corrected chi connectivity index (χ0v) is 10.8. The van der Waals surface area contributed by atoms with Crippen molar-refractivity contribution in [3.8, 4) is 0 Å². The van der Waals surface area contributed by atoms with Crippen molar-refractivity contribution in [2.24, 2.45) is 5.92 Å². The molecule has 0 aliphatic carbocycles. The molecule has 1 atom stereocenters. The first kappa shape index (κ1) is 18.7. The molecular weight excluding hydrogens is 162 g/mol. The molecule has 0 heterocycles. The number of hydrogen-bond acceptors (Lipinski definition) is 2. The fraction of sp³-hybridized carbons (Fsp3) is 1.00. The van der Waals surface area contributed by atoms with E-state index in [4.69, 9.17) is 4.74 Å². The zero-order valence-electron chi connectivity index (χ0n) is 10.8. The fourth-order valence-corrected chi connectivity index (χ4v) is 0.961. The van der Waals surface area contributed by atoms with Crippen LogP contribution in [-0.4, -0.2) is 39.3 Å². The average molecular weight is 191 g/mol. The molecule has 2 nitrogen and oxygen atoms in total. The van der Waals surface area contributed by atoms with E-state index in [1.54, 1.807) is 7.11 Å². The van der Waals surface area contributed by atoms with Gasteiger partial charge in [0.1, 0.15) is 0 Å². The maximum atomic E-state index is 4.98. The Hall–Kier alpha value is -0.0800. The normalized spacial score (nSPS) is 10.8. The number of methoxy groups -OCH3 is 1. The quantitative estimate of drug-likeness (QED) is 0.677. The van der Waals surface area contributed by atoms with Crippen molar-refractivity contribution in [1.82, 2.24) is 4.90 Å². The van der Waals surface area contributed by atoms with Crippen LogP contribution in [0.2, 0.25) is 0 Å². The minimum Gasteiger partial charge on any atom is -0.384 e. The molecule has 0 spiro atoms. The molecule has 0 rings (SSSR count). The number of ether oxygens (including phenoxy) is 1. The second-order valence-corrected chi connectivity index (χ2v) is 2.82. The third-order valence-electron chi connectivity index (χ3n) is 1.13. The molecule has 0 saturated carbocycles. The molecule has 0 amide bonds. The van der Waals surface area contributed by atoms with Gasteiger partial charge in [0.25, 0.3) is 0 Å². The molecule has 0 aromatic heterocycles. The van der Waals surface area contributed by atoms with Crippen LogP contribution in [0.4, 0.5) is 0 Å². The maximum Gasteiger partial charge on any atom is 0.0500 e. The summed E-state index contributed by atoms with van der Waals surface area (Å²) in [7, 11) is 5.89. The summed E-state index contributed by atoms with van der Waals surface area (Å²) in [5.74, 6) is 0.644. The largest absolute Gasteiger partial charge is 0.384 e. The van der Waals surface area contributed by atoms with E-state index in [1.807, 2.05) is 27.7 Å². The van der Waals surface area contributed by atoms with Gasteiger partial charge >= 0.3 is 0 Å². The Balaban J connectivity index is -0.000000218. The predicted octanol–water partition coefficient (Wildman–Crippen LogP) is 2.88. The lowest BCUT2D eigenvalue weighted by Crippen LogP contribution is -2.22. The second-order valence-electron chi connectivity index (χ2n) is 2.82. The first-order valence-electron chi connectivity index (χ1n) is 5.30. The van der Waals surface area contributed by atoms with E-state index in [9.17, 15) is 0 Å². The lowest BCUT2D eigenvalue weighted by Gasteiger charge is -2.15. The smallest absolute Gasteiger partial charge is 0.0500 e. The second kappa shape index (κ2) is 17.9. The molecule has 0 aliphatic heterocycles. The monoisotopic (exact) mass is 191 g/mol. The number of nitrogens with zero attached hydrogens (tertiary/aromatic N) is 1. The Labute approximate surface area is 85.3 Å². The summed E-state index contributed by atoms with van der Waals surface area (Å²) in [4.78, 5) is 2.17. The molecular formula is C11H29NO. The van der Waals surface area contributed by atoms with Crippen LogP contribution in [0.25, 0.3) is 0 Å². The number of hydrogen-bond donors (Lipinski definition) is 0. The zero-order chi connectivity index (χ0) is 11.3. The molecule has 0 aromatic rings. The van der Waals surface area contributed by atoms with Gasteiger partial charge in [-0.3, -0.25) is 0 Å². The van der Waals surface area contributed by atoms with Gasteiger partial charge in [0.15, 0.2) is 0 Å². The van der Waals surface area contributed by atoms with E-state index in [0.717, 1.165) is 13.2 Å². The van der Waals surface area contributed by atoms with Crippen LogP contribution in [0.15, 0.2) is 0 Å². The lowest BCUT2D eigenvalue weighted by atomic mass is 10.2. The highest BCUT2D eigenvalue weighted by atomic mass is 16.5. The molecule has 0 saturated heterocycles. The van der Waals surface area contributed by atoms with Crippen molar-refractivity contribution in [3.05, 3.63) is 0 Å². The van der Waals surface area contributed by atoms with E-state index >= 15 is 0 Å². The highest BCUT2D eigenvalue weighted by molar-refractivity contribution is 4.53. The molecule has 0 bridgehead atoms. The van der Waals surface area contributed by atoms with Crippen molar-refractivity contribution in [2.45, 2.75) is 34.6 Å². The van der Waals surface area contributed by atoms with E-state index in [2.05, 4.69) is 25.9 Å². The minimum atomic E-state index is 0.644. The Bertz CT molecular complexity index is 65.1. The lowest BCUT2D eigenvalue weighted by molar-refractivity contribution is 0.143. The van der Waals surface area contributed by atoms with E-state index in [1.165, 1.54) is 0 Å². The maximum absolute atomic E-state index is 4.98. The summed E-state index contributed by atoms with van der Waals surface area (Å²) >= 11 is 0. The topological polar surface area (TPSA) is 12.5 Å². The van der Waals surface area contributed by atoms with Crippen LogP contribution in [0.1, 0.15) is 34.6 Å². The van der Waals surface area contributed by atoms with Gasteiger partial charge in [0, 0.05) is 20.3 Å². The Morgan fingerprint density at radius 1 is 1.08 bits per heavy atom. The molecule has 1 unspecified atom stereocenters. The van der Waals surface area contributed by atoms with Gasteiger partial charge in [-0.1, -0.05) is 34.6 Å². The molecule has 0 radical (unpaired) electrons. The van der Waals surface area contributed by atoms with Crippen LogP contribution in [0.5, 0.6) is 0 Å². The molecule has 0 aromatic carbocycles. The highest BCUT2D eigenvalue weighted by Crippen LogP contribution is 1.95. The molecule has 0 fully saturated rings. The Morgan fingerprint density at radius 2 is 1.46 bits per heavy atom. The highest BCUT2D eigenvalue weighted by Gasteiger charge is 2.00. The Kier molecular flexibility index (Phi) is 25.6. The average Bonchev–Trinajstić information content (AvgIpc) is 2.10. The Morgan fingerprint density at radius 3 is 1.69 bits per heavy atom. The van der Waals surface area contributed by atoms with Crippen molar-refractivity contribution in [1.29, 1.82) is 0 Å². The number of rotatable bonds is 4. The molecule has 84 valence electrons. The molecule has 13 heavy (non-hydrogen) atoms. The van der Waals surface area contributed by atoms with Crippen LogP contribution >= 0.6 is 0 Å². The van der Waals surface area contributed by atoms with Crippen LogP contribution in [0, 0.1) is 5.92 Å².